The van der Waals surface area contributed by atoms with E-state index in [0.717, 1.165) is 31.3 Å². The molecule has 0 saturated carbocycles. The van der Waals surface area contributed by atoms with Gasteiger partial charge in [0.15, 0.2) is 0 Å². The quantitative estimate of drug-likeness (QED) is 0.474. The van der Waals surface area contributed by atoms with Crippen LogP contribution in [0.3, 0.4) is 0 Å². The molecule has 1 aromatic rings. The first-order chi connectivity index (χ1) is 8.40. The zero-order valence-corrected chi connectivity index (χ0v) is 9.84. The van der Waals surface area contributed by atoms with Gasteiger partial charge in [0.05, 0.1) is 6.21 Å². The van der Waals surface area contributed by atoms with Crippen LogP contribution in [0.15, 0.2) is 58.8 Å². The van der Waals surface area contributed by atoms with Gasteiger partial charge in [-0.15, -0.1) is 0 Å². The fourth-order valence-corrected chi connectivity index (χ4v) is 2.15. The van der Waals surface area contributed by atoms with Crippen LogP contribution in [-0.4, -0.2) is 11.4 Å². The van der Waals surface area contributed by atoms with Crippen LogP contribution in [0.1, 0.15) is 24.8 Å². The minimum Gasteiger partial charge on any atom is -0.411 e. The average Bonchev–Trinajstić information content (AvgIpc) is 2.79. The standard InChI is InChI=1S/C15H17NO/c17-16-12-15-11-5-10-14(15)9-4-8-13-6-2-1-3-7-13/h1-4,6-7,9,12,17H,5,8,10-11H2. The number of hydrogen-bond acceptors (Lipinski definition) is 2. The summed E-state index contributed by atoms with van der Waals surface area (Å²) in [5.41, 5.74) is 3.79. The van der Waals surface area contributed by atoms with Gasteiger partial charge in [0.2, 0.25) is 0 Å². The monoisotopic (exact) mass is 227 g/mol. The molecule has 0 atom stereocenters. The van der Waals surface area contributed by atoms with Crippen LogP contribution in [0.5, 0.6) is 0 Å². The molecule has 1 aliphatic carbocycles. The molecule has 2 rings (SSSR count). The lowest BCUT2D eigenvalue weighted by atomic mass is 10.1. The fraction of sp³-hybridized carbons (Fsp3) is 0.267. The van der Waals surface area contributed by atoms with Gasteiger partial charge in [-0.3, -0.25) is 0 Å². The van der Waals surface area contributed by atoms with Crippen LogP contribution in [0.25, 0.3) is 0 Å². The molecule has 2 heteroatoms. The van der Waals surface area contributed by atoms with Crippen molar-refractivity contribution in [3.05, 3.63) is 59.2 Å². The SMILES string of the molecule is ON=CC1=C(C=CCc2ccccc2)CCC1. The molecule has 0 unspecified atom stereocenters. The Hall–Kier alpha value is -1.83. The van der Waals surface area contributed by atoms with Crippen LogP contribution < -0.4 is 0 Å². The lowest BCUT2D eigenvalue weighted by Crippen LogP contribution is -1.84. The molecule has 0 fully saturated rings. The highest BCUT2D eigenvalue weighted by Crippen LogP contribution is 2.25. The molecule has 17 heavy (non-hydrogen) atoms. The maximum atomic E-state index is 8.56. The van der Waals surface area contributed by atoms with Crippen molar-refractivity contribution in [1.29, 1.82) is 0 Å². The van der Waals surface area contributed by atoms with Gasteiger partial charge in [-0.2, -0.15) is 0 Å². The number of allylic oxidation sites excluding steroid dienone is 4. The minimum absolute atomic E-state index is 0.952. The number of oxime groups is 1. The summed E-state index contributed by atoms with van der Waals surface area (Å²) in [6.45, 7) is 0. The molecule has 88 valence electrons. The third kappa shape index (κ3) is 3.31. The van der Waals surface area contributed by atoms with Gasteiger partial charge in [-0.05, 0) is 42.4 Å². The predicted molar refractivity (Wildman–Crippen MR) is 70.4 cm³/mol. The highest BCUT2D eigenvalue weighted by atomic mass is 16.4. The van der Waals surface area contributed by atoms with E-state index in [2.05, 4.69) is 41.6 Å². The molecule has 1 N–H and O–H groups in total. The van der Waals surface area contributed by atoms with Gasteiger partial charge in [0.25, 0.3) is 0 Å². The van der Waals surface area contributed by atoms with E-state index in [1.165, 1.54) is 11.1 Å². The number of benzene rings is 1. The van der Waals surface area contributed by atoms with Gasteiger partial charge < -0.3 is 5.21 Å². The van der Waals surface area contributed by atoms with Gasteiger partial charge in [-0.1, -0.05) is 47.6 Å². The Labute approximate surface area is 102 Å². The first-order valence-electron chi connectivity index (χ1n) is 6.00. The molecule has 0 aromatic heterocycles. The van der Waals surface area contributed by atoms with E-state index >= 15 is 0 Å². The van der Waals surface area contributed by atoms with Crippen molar-refractivity contribution in [2.24, 2.45) is 5.16 Å². The third-order valence-electron chi connectivity index (χ3n) is 3.03. The highest BCUT2D eigenvalue weighted by Gasteiger charge is 2.09. The van der Waals surface area contributed by atoms with E-state index in [9.17, 15) is 0 Å². The van der Waals surface area contributed by atoms with Crippen LogP contribution in [0, 0.1) is 0 Å². The minimum atomic E-state index is 0.952. The molecule has 0 spiro atoms. The van der Waals surface area contributed by atoms with Crippen molar-refractivity contribution in [3.63, 3.8) is 0 Å². The van der Waals surface area contributed by atoms with Crippen LogP contribution >= 0.6 is 0 Å². The molecule has 2 nitrogen and oxygen atoms in total. The first kappa shape index (κ1) is 11.6. The second-order valence-electron chi connectivity index (χ2n) is 4.24. The summed E-state index contributed by atoms with van der Waals surface area (Å²) in [4.78, 5) is 0. The van der Waals surface area contributed by atoms with Crippen molar-refractivity contribution in [3.8, 4) is 0 Å². The molecular formula is C15H17NO. The first-order valence-corrected chi connectivity index (χ1v) is 6.00. The van der Waals surface area contributed by atoms with Gasteiger partial charge in [0.1, 0.15) is 0 Å². The largest absolute Gasteiger partial charge is 0.411 e. The van der Waals surface area contributed by atoms with E-state index in [0.29, 0.717) is 0 Å². The lowest BCUT2D eigenvalue weighted by molar-refractivity contribution is 0.321. The Kier molecular flexibility index (Phi) is 4.14. The Balaban J connectivity index is 1.99. The summed E-state index contributed by atoms with van der Waals surface area (Å²) in [6.07, 6.45) is 10.1. The van der Waals surface area contributed by atoms with Crippen LogP contribution in [0.2, 0.25) is 0 Å². The zero-order chi connectivity index (χ0) is 11.9. The summed E-state index contributed by atoms with van der Waals surface area (Å²) in [7, 11) is 0. The topological polar surface area (TPSA) is 32.6 Å². The summed E-state index contributed by atoms with van der Waals surface area (Å²) in [5, 5.41) is 11.7. The van der Waals surface area contributed by atoms with Crippen molar-refractivity contribution < 1.29 is 5.21 Å². The van der Waals surface area contributed by atoms with Crippen molar-refractivity contribution in [2.45, 2.75) is 25.7 Å². The molecule has 0 aliphatic heterocycles. The van der Waals surface area contributed by atoms with Crippen LogP contribution in [0.4, 0.5) is 0 Å². The van der Waals surface area contributed by atoms with E-state index < -0.39 is 0 Å². The Morgan fingerprint density at radius 1 is 1.12 bits per heavy atom. The summed E-state index contributed by atoms with van der Waals surface area (Å²) in [6, 6.07) is 10.4. The second kappa shape index (κ2) is 6.04. The number of hydrogen-bond donors (Lipinski definition) is 1. The summed E-state index contributed by atoms with van der Waals surface area (Å²) in [5.74, 6) is 0. The molecule has 0 saturated heterocycles. The molecule has 0 heterocycles. The Morgan fingerprint density at radius 2 is 1.88 bits per heavy atom. The average molecular weight is 227 g/mol. The fourth-order valence-electron chi connectivity index (χ4n) is 2.15. The van der Waals surface area contributed by atoms with Crippen molar-refractivity contribution in [1.82, 2.24) is 0 Å². The summed E-state index contributed by atoms with van der Waals surface area (Å²) < 4.78 is 0. The van der Waals surface area contributed by atoms with E-state index in [1.54, 1.807) is 6.21 Å². The molecule has 1 aliphatic rings. The Morgan fingerprint density at radius 3 is 2.65 bits per heavy atom. The van der Waals surface area contributed by atoms with Crippen LogP contribution in [-0.2, 0) is 6.42 Å². The maximum Gasteiger partial charge on any atom is 0.0696 e. The third-order valence-corrected chi connectivity index (χ3v) is 3.03. The molecule has 0 amide bonds. The maximum absolute atomic E-state index is 8.56. The smallest absolute Gasteiger partial charge is 0.0696 e. The van der Waals surface area contributed by atoms with Crippen molar-refractivity contribution in [2.75, 3.05) is 0 Å². The lowest BCUT2D eigenvalue weighted by Gasteiger charge is -1.97. The zero-order valence-electron chi connectivity index (χ0n) is 9.84. The molecular weight excluding hydrogens is 210 g/mol. The number of nitrogens with zero attached hydrogens (tertiary/aromatic N) is 1. The van der Waals surface area contributed by atoms with Gasteiger partial charge >= 0.3 is 0 Å². The molecule has 0 radical (unpaired) electrons. The highest BCUT2D eigenvalue weighted by molar-refractivity contribution is 5.80. The number of rotatable bonds is 4. The van der Waals surface area contributed by atoms with Gasteiger partial charge in [0, 0.05) is 0 Å². The van der Waals surface area contributed by atoms with E-state index in [1.807, 2.05) is 6.07 Å². The Bertz CT molecular complexity index is 443. The predicted octanol–water partition coefficient (Wildman–Crippen LogP) is 3.73. The molecule has 1 aromatic carbocycles. The summed E-state index contributed by atoms with van der Waals surface area (Å²) >= 11 is 0. The normalized spacial score (nSPS) is 16.5. The second-order valence-corrected chi connectivity index (χ2v) is 4.24. The van der Waals surface area contributed by atoms with E-state index in [4.69, 9.17) is 5.21 Å². The van der Waals surface area contributed by atoms with Gasteiger partial charge in [-0.25, -0.2) is 0 Å². The van der Waals surface area contributed by atoms with E-state index in [-0.39, 0.29) is 0 Å². The molecule has 0 bridgehead atoms. The van der Waals surface area contributed by atoms with Crippen molar-refractivity contribution >= 4 is 6.21 Å².